The van der Waals surface area contributed by atoms with Crippen molar-refractivity contribution >= 4 is 11.9 Å². The number of ether oxygens (including phenoxy) is 4. The van der Waals surface area contributed by atoms with Gasteiger partial charge >= 0.3 is 11.9 Å². The van der Waals surface area contributed by atoms with Gasteiger partial charge in [-0.25, -0.2) is 9.59 Å². The third-order valence-corrected chi connectivity index (χ3v) is 3.72. The van der Waals surface area contributed by atoms with Crippen LogP contribution >= 0.6 is 0 Å². The summed E-state index contributed by atoms with van der Waals surface area (Å²) in [5, 5.41) is 18.2. The van der Waals surface area contributed by atoms with Crippen molar-refractivity contribution in [1.29, 1.82) is 0 Å². The summed E-state index contributed by atoms with van der Waals surface area (Å²) in [6.07, 6.45) is 0. The third kappa shape index (κ3) is 7.59. The molecule has 29 heavy (non-hydrogen) atoms. The summed E-state index contributed by atoms with van der Waals surface area (Å²) in [5.74, 6) is -0.606. The molecule has 0 saturated heterocycles. The van der Waals surface area contributed by atoms with Gasteiger partial charge in [0, 0.05) is 24.7 Å². The van der Waals surface area contributed by atoms with E-state index >= 15 is 0 Å². The molecule has 0 saturated carbocycles. The molecule has 0 heterocycles. The van der Waals surface area contributed by atoms with Crippen LogP contribution in [0.25, 0.3) is 0 Å². The molecule has 0 bridgehead atoms. The fourth-order valence-corrected chi connectivity index (χ4v) is 2.40. The quantitative estimate of drug-likeness (QED) is 0.565. The van der Waals surface area contributed by atoms with E-state index in [9.17, 15) is 0 Å². The number of carboxylic acids is 2. The average Bonchev–Trinajstić information content (AvgIpc) is 2.73. The summed E-state index contributed by atoms with van der Waals surface area (Å²) >= 11 is 0. The molecule has 2 rings (SSSR count). The van der Waals surface area contributed by atoms with E-state index in [1.54, 1.807) is 28.4 Å². The molecule has 9 heteroatoms. The van der Waals surface area contributed by atoms with Gasteiger partial charge in [0.1, 0.15) is 11.5 Å². The molecule has 0 fully saturated rings. The molecule has 158 valence electrons. The van der Waals surface area contributed by atoms with Gasteiger partial charge in [-0.05, 0) is 23.8 Å². The number of nitrogens with one attached hydrogen (secondary N) is 1. The van der Waals surface area contributed by atoms with Crippen LogP contribution in [-0.4, -0.2) is 50.6 Å². The Morgan fingerprint density at radius 3 is 1.86 bits per heavy atom. The van der Waals surface area contributed by atoms with Crippen LogP contribution in [0.2, 0.25) is 0 Å². The minimum Gasteiger partial charge on any atom is -0.497 e. The molecular weight excluding hydrogens is 382 g/mol. The lowest BCUT2D eigenvalue weighted by atomic mass is 10.1. The molecule has 0 amide bonds. The Labute approximate surface area is 168 Å². The Morgan fingerprint density at radius 2 is 1.41 bits per heavy atom. The number of carbonyl (C=O) groups is 2. The lowest BCUT2D eigenvalue weighted by Gasteiger charge is -2.13. The van der Waals surface area contributed by atoms with E-state index in [0.717, 1.165) is 34.1 Å². The molecule has 0 atom stereocenters. The number of carboxylic acid groups (broad SMARTS) is 2. The van der Waals surface area contributed by atoms with Gasteiger partial charge < -0.3 is 34.5 Å². The first-order valence-corrected chi connectivity index (χ1v) is 8.45. The minimum atomic E-state index is -1.82. The van der Waals surface area contributed by atoms with Crippen LogP contribution in [0, 0.1) is 0 Å². The van der Waals surface area contributed by atoms with Crippen LogP contribution in [0.4, 0.5) is 0 Å². The molecule has 0 aliphatic rings. The van der Waals surface area contributed by atoms with Crippen molar-refractivity contribution in [3.63, 3.8) is 0 Å². The number of methoxy groups -OCH3 is 4. The van der Waals surface area contributed by atoms with Crippen LogP contribution in [-0.2, 0) is 22.7 Å². The number of para-hydroxylation sites is 1. The first kappa shape index (κ1) is 23.6. The summed E-state index contributed by atoms with van der Waals surface area (Å²) in [7, 11) is 6.58. The monoisotopic (exact) mass is 407 g/mol. The molecule has 2 aromatic rings. The zero-order valence-corrected chi connectivity index (χ0v) is 16.7. The standard InChI is InChI=1S/C18H23NO4.C2H2O4/c1-20-15-8-13(9-16(10-15)21-2)11-19-12-14-6-5-7-17(22-3)18(14)23-4;3-1(4)2(5)6/h5-10,19H,11-12H2,1-4H3;(H,3,4)(H,5,6). The summed E-state index contributed by atoms with van der Waals surface area (Å²) < 4.78 is 21.3. The number of benzene rings is 2. The first-order chi connectivity index (χ1) is 13.9. The fraction of sp³-hybridized carbons (Fsp3) is 0.300. The normalized spacial score (nSPS) is 9.66. The molecule has 0 aliphatic carbocycles. The number of aliphatic carboxylic acids is 2. The first-order valence-electron chi connectivity index (χ1n) is 8.45. The highest BCUT2D eigenvalue weighted by Crippen LogP contribution is 2.30. The van der Waals surface area contributed by atoms with Crippen molar-refractivity contribution in [2.45, 2.75) is 13.1 Å². The van der Waals surface area contributed by atoms with Crippen LogP contribution < -0.4 is 24.3 Å². The van der Waals surface area contributed by atoms with E-state index in [1.807, 2.05) is 36.4 Å². The predicted octanol–water partition coefficient (Wildman–Crippen LogP) is 2.17. The molecule has 0 radical (unpaired) electrons. The molecule has 9 nitrogen and oxygen atoms in total. The Kier molecular flexibility index (Phi) is 9.83. The Hall–Kier alpha value is -3.46. The zero-order valence-electron chi connectivity index (χ0n) is 16.7. The smallest absolute Gasteiger partial charge is 0.414 e. The van der Waals surface area contributed by atoms with E-state index < -0.39 is 11.9 Å². The summed E-state index contributed by atoms with van der Waals surface area (Å²) in [6, 6.07) is 11.7. The van der Waals surface area contributed by atoms with Gasteiger partial charge in [-0.2, -0.15) is 0 Å². The maximum Gasteiger partial charge on any atom is 0.414 e. The largest absolute Gasteiger partial charge is 0.497 e. The van der Waals surface area contributed by atoms with E-state index in [1.165, 1.54) is 0 Å². The van der Waals surface area contributed by atoms with Gasteiger partial charge in [-0.1, -0.05) is 12.1 Å². The predicted molar refractivity (Wildman–Crippen MR) is 105 cm³/mol. The number of rotatable bonds is 8. The molecular formula is C20H25NO8. The maximum atomic E-state index is 9.10. The van der Waals surface area contributed by atoms with Crippen LogP contribution in [0.1, 0.15) is 11.1 Å². The second-order valence-corrected chi connectivity index (χ2v) is 5.59. The van der Waals surface area contributed by atoms with Crippen molar-refractivity contribution in [3.8, 4) is 23.0 Å². The SMILES string of the molecule is COc1cc(CNCc2cccc(OC)c2OC)cc(OC)c1.O=C(O)C(=O)O. The highest BCUT2D eigenvalue weighted by molar-refractivity contribution is 6.27. The second-order valence-electron chi connectivity index (χ2n) is 5.59. The lowest BCUT2D eigenvalue weighted by molar-refractivity contribution is -0.159. The van der Waals surface area contributed by atoms with Gasteiger partial charge in [0.15, 0.2) is 11.5 Å². The van der Waals surface area contributed by atoms with Crippen LogP contribution in [0.3, 0.4) is 0 Å². The Morgan fingerprint density at radius 1 is 0.828 bits per heavy atom. The lowest BCUT2D eigenvalue weighted by Crippen LogP contribution is -2.13. The van der Waals surface area contributed by atoms with Crippen molar-refractivity contribution < 1.29 is 38.7 Å². The van der Waals surface area contributed by atoms with Crippen molar-refractivity contribution in [1.82, 2.24) is 5.32 Å². The van der Waals surface area contributed by atoms with Gasteiger partial charge in [0.2, 0.25) is 0 Å². The number of hydrogen-bond acceptors (Lipinski definition) is 7. The highest BCUT2D eigenvalue weighted by atomic mass is 16.5. The molecule has 0 aliphatic heterocycles. The van der Waals surface area contributed by atoms with Crippen molar-refractivity contribution in [2.75, 3.05) is 28.4 Å². The van der Waals surface area contributed by atoms with E-state index in [2.05, 4.69) is 5.32 Å². The molecule has 0 aromatic heterocycles. The molecule has 0 unspecified atom stereocenters. The highest BCUT2D eigenvalue weighted by Gasteiger charge is 2.09. The van der Waals surface area contributed by atoms with Gasteiger partial charge in [-0.15, -0.1) is 0 Å². The summed E-state index contributed by atoms with van der Waals surface area (Å²) in [6.45, 7) is 1.35. The fourth-order valence-electron chi connectivity index (χ4n) is 2.40. The van der Waals surface area contributed by atoms with E-state index in [-0.39, 0.29) is 0 Å². The van der Waals surface area contributed by atoms with Crippen molar-refractivity contribution in [3.05, 3.63) is 47.5 Å². The molecule has 0 spiro atoms. The molecule has 2 aromatic carbocycles. The Bertz CT molecular complexity index is 788. The maximum absolute atomic E-state index is 9.10. The van der Waals surface area contributed by atoms with Gasteiger partial charge in [-0.3, -0.25) is 0 Å². The Balaban J connectivity index is 0.000000612. The summed E-state index contributed by atoms with van der Waals surface area (Å²) in [5.41, 5.74) is 2.13. The summed E-state index contributed by atoms with van der Waals surface area (Å²) in [4.78, 5) is 18.2. The van der Waals surface area contributed by atoms with Gasteiger partial charge in [0.05, 0.1) is 28.4 Å². The topological polar surface area (TPSA) is 124 Å². The van der Waals surface area contributed by atoms with Crippen LogP contribution in [0.15, 0.2) is 36.4 Å². The minimum absolute atomic E-state index is 0.667. The van der Waals surface area contributed by atoms with Crippen molar-refractivity contribution in [2.24, 2.45) is 0 Å². The van der Waals surface area contributed by atoms with Crippen LogP contribution in [0.5, 0.6) is 23.0 Å². The third-order valence-electron chi connectivity index (χ3n) is 3.72. The van der Waals surface area contributed by atoms with Gasteiger partial charge in [0.25, 0.3) is 0 Å². The zero-order chi connectivity index (χ0) is 21.8. The average molecular weight is 407 g/mol. The molecule has 3 N–H and O–H groups in total. The van der Waals surface area contributed by atoms with E-state index in [0.29, 0.717) is 13.1 Å². The van der Waals surface area contributed by atoms with E-state index in [4.69, 9.17) is 38.7 Å². The second kappa shape index (κ2) is 12.1. The number of hydrogen-bond donors (Lipinski definition) is 3.